The molecule has 1 aromatic heterocycles. The van der Waals surface area contributed by atoms with Crippen molar-refractivity contribution in [3.8, 4) is 5.75 Å². The Morgan fingerprint density at radius 2 is 2.03 bits per heavy atom. The van der Waals surface area contributed by atoms with Crippen LogP contribution in [0.5, 0.6) is 5.75 Å². The van der Waals surface area contributed by atoms with E-state index in [1.807, 2.05) is 53.3 Å². The molecule has 29 heavy (non-hydrogen) atoms. The molecule has 1 heterocycles. The number of carbonyl (C=O) groups excluding carboxylic acids is 2. The Hall–Kier alpha value is -3.34. The number of hydrogen-bond acceptors (Lipinski definition) is 4. The van der Waals surface area contributed by atoms with Gasteiger partial charge in [-0.15, -0.1) is 0 Å². The highest BCUT2D eigenvalue weighted by Crippen LogP contribution is 2.26. The third-order valence-corrected chi connectivity index (χ3v) is 4.89. The topological polar surface area (TPSA) is 57.5 Å². The van der Waals surface area contributed by atoms with Gasteiger partial charge in [0.25, 0.3) is 0 Å². The quantitative estimate of drug-likeness (QED) is 0.507. The third kappa shape index (κ3) is 4.57. The van der Waals surface area contributed by atoms with Crippen molar-refractivity contribution in [1.29, 1.82) is 0 Å². The molecule has 0 aliphatic heterocycles. The van der Waals surface area contributed by atoms with Crippen molar-refractivity contribution in [3.63, 3.8) is 0 Å². The summed E-state index contributed by atoms with van der Waals surface area (Å²) < 4.78 is 12.1. The smallest absolute Gasteiger partial charge is 0.341 e. The fraction of sp³-hybridized carbons (Fsp3) is 0.250. The molecule has 1 unspecified atom stereocenters. The first kappa shape index (κ1) is 20.4. The summed E-state index contributed by atoms with van der Waals surface area (Å²) in [5.74, 6) is 0.512. The van der Waals surface area contributed by atoms with Crippen LogP contribution in [0, 0.1) is 5.92 Å². The second-order valence-electron chi connectivity index (χ2n) is 6.93. The number of benzene rings is 1. The minimum Gasteiger partial charge on any atom is -0.495 e. The molecule has 150 valence electrons. The first-order valence-corrected chi connectivity index (χ1v) is 9.55. The van der Waals surface area contributed by atoms with Gasteiger partial charge in [-0.2, -0.15) is 0 Å². The third-order valence-electron chi connectivity index (χ3n) is 4.89. The van der Waals surface area contributed by atoms with Crippen LogP contribution in [0.25, 0.3) is 6.08 Å². The van der Waals surface area contributed by atoms with Crippen molar-refractivity contribution in [1.82, 2.24) is 4.57 Å². The van der Waals surface area contributed by atoms with Crippen LogP contribution in [-0.2, 0) is 11.3 Å². The van der Waals surface area contributed by atoms with Crippen LogP contribution in [0.2, 0.25) is 0 Å². The van der Waals surface area contributed by atoms with Crippen LogP contribution < -0.4 is 4.74 Å². The van der Waals surface area contributed by atoms with E-state index in [2.05, 4.69) is 13.0 Å². The molecule has 0 spiro atoms. The van der Waals surface area contributed by atoms with E-state index in [4.69, 9.17) is 9.47 Å². The monoisotopic (exact) mass is 391 g/mol. The van der Waals surface area contributed by atoms with Crippen molar-refractivity contribution in [2.45, 2.75) is 19.9 Å². The molecule has 3 rings (SSSR count). The molecule has 0 bridgehead atoms. The molecular weight excluding hydrogens is 366 g/mol. The van der Waals surface area contributed by atoms with Crippen LogP contribution in [0.15, 0.2) is 66.4 Å². The van der Waals surface area contributed by atoms with E-state index in [-0.39, 0.29) is 5.78 Å². The van der Waals surface area contributed by atoms with Gasteiger partial charge in [-0.25, -0.2) is 4.79 Å². The van der Waals surface area contributed by atoms with E-state index in [1.54, 1.807) is 12.1 Å². The van der Waals surface area contributed by atoms with E-state index in [0.29, 0.717) is 29.5 Å². The number of ether oxygens (including phenoxy) is 2. The van der Waals surface area contributed by atoms with Gasteiger partial charge >= 0.3 is 5.97 Å². The molecule has 1 aromatic carbocycles. The number of carbonyl (C=O) groups is 2. The molecule has 0 fully saturated rings. The minimum atomic E-state index is -0.446. The molecule has 0 saturated carbocycles. The Balaban J connectivity index is 1.78. The lowest BCUT2D eigenvalue weighted by molar-refractivity contribution is 0.0597. The number of nitrogens with zero attached hydrogens (tertiary/aromatic N) is 1. The molecule has 0 saturated heterocycles. The average Bonchev–Trinajstić information content (AvgIpc) is 3.21. The van der Waals surface area contributed by atoms with Crippen LogP contribution in [0.3, 0.4) is 0 Å². The van der Waals surface area contributed by atoms with Crippen LogP contribution in [-0.4, -0.2) is 30.5 Å². The molecule has 0 N–H and O–H groups in total. The maximum Gasteiger partial charge on any atom is 0.341 e. The summed E-state index contributed by atoms with van der Waals surface area (Å²) in [6.07, 6.45) is 12.6. The van der Waals surface area contributed by atoms with E-state index >= 15 is 0 Å². The zero-order valence-corrected chi connectivity index (χ0v) is 16.9. The Labute approximate surface area is 170 Å². The van der Waals surface area contributed by atoms with Crippen LogP contribution in [0.4, 0.5) is 0 Å². The second kappa shape index (κ2) is 9.24. The standard InChI is InChI=1S/C24H25NO4/c1-17-11-13-18(14-12-17)22(26)21-10-6-16-25(21)15-5-8-19-7-4-9-20(23(19)28-2)24(27)29-3/h4-11,13-14,16-17H,12,15H2,1-3H3/b8-5+. The van der Waals surface area contributed by atoms with Gasteiger partial charge in [-0.3, -0.25) is 4.79 Å². The van der Waals surface area contributed by atoms with Gasteiger partial charge in [0, 0.05) is 23.9 Å². The fourth-order valence-electron chi connectivity index (χ4n) is 3.30. The summed E-state index contributed by atoms with van der Waals surface area (Å²) in [5, 5.41) is 0. The number of aromatic nitrogens is 1. The number of methoxy groups -OCH3 is 2. The highest BCUT2D eigenvalue weighted by Gasteiger charge is 2.17. The fourth-order valence-corrected chi connectivity index (χ4v) is 3.30. The second-order valence-corrected chi connectivity index (χ2v) is 6.93. The molecule has 0 radical (unpaired) electrons. The van der Waals surface area contributed by atoms with Gasteiger partial charge < -0.3 is 14.0 Å². The summed E-state index contributed by atoms with van der Waals surface area (Å²) in [5.41, 5.74) is 2.52. The molecule has 1 aliphatic carbocycles. The number of rotatable bonds is 7. The van der Waals surface area contributed by atoms with Crippen molar-refractivity contribution >= 4 is 17.8 Å². The van der Waals surface area contributed by atoms with E-state index in [0.717, 1.165) is 17.6 Å². The average molecular weight is 391 g/mol. The highest BCUT2D eigenvalue weighted by molar-refractivity contribution is 6.09. The predicted molar refractivity (Wildman–Crippen MR) is 113 cm³/mol. The normalized spacial score (nSPS) is 16.0. The molecule has 5 heteroatoms. The van der Waals surface area contributed by atoms with Crippen LogP contribution >= 0.6 is 0 Å². The first-order valence-electron chi connectivity index (χ1n) is 9.55. The number of para-hydroxylation sites is 1. The molecule has 1 aliphatic rings. The number of hydrogen-bond donors (Lipinski definition) is 0. The van der Waals surface area contributed by atoms with Crippen molar-refractivity contribution in [3.05, 3.63) is 83.2 Å². The van der Waals surface area contributed by atoms with Crippen molar-refractivity contribution in [2.24, 2.45) is 5.92 Å². The highest BCUT2D eigenvalue weighted by atomic mass is 16.5. The van der Waals surface area contributed by atoms with Crippen molar-refractivity contribution < 1.29 is 19.1 Å². The largest absolute Gasteiger partial charge is 0.495 e. The predicted octanol–water partition coefficient (Wildman–Crippen LogP) is 4.70. The number of ketones is 1. The Bertz CT molecular complexity index is 994. The van der Waals surface area contributed by atoms with Crippen molar-refractivity contribution in [2.75, 3.05) is 14.2 Å². The molecule has 1 atom stereocenters. The number of Topliss-reactive ketones (excluding diaryl/α,β-unsaturated/α-hetero) is 1. The zero-order valence-electron chi connectivity index (χ0n) is 16.9. The SMILES string of the molecule is COC(=O)c1cccc(/C=C/Cn2cccc2C(=O)C2=CCC(C)C=C2)c1OC. The first-order chi connectivity index (χ1) is 14.0. The summed E-state index contributed by atoms with van der Waals surface area (Å²) in [4.78, 5) is 24.8. The van der Waals surface area contributed by atoms with Gasteiger partial charge in [-0.05, 0) is 30.5 Å². The van der Waals surface area contributed by atoms with Gasteiger partial charge in [-0.1, -0.05) is 49.4 Å². The Morgan fingerprint density at radius 3 is 2.72 bits per heavy atom. The molecule has 5 nitrogen and oxygen atoms in total. The zero-order chi connectivity index (χ0) is 20.8. The lowest BCUT2D eigenvalue weighted by Gasteiger charge is -2.12. The van der Waals surface area contributed by atoms with Gasteiger partial charge in [0.05, 0.1) is 19.9 Å². The molecular formula is C24H25NO4. The van der Waals surface area contributed by atoms with Gasteiger partial charge in [0.1, 0.15) is 11.3 Å². The lowest BCUT2D eigenvalue weighted by Crippen LogP contribution is -2.11. The summed E-state index contributed by atoms with van der Waals surface area (Å²) in [6, 6.07) is 9.01. The van der Waals surface area contributed by atoms with E-state index in [1.165, 1.54) is 14.2 Å². The van der Waals surface area contributed by atoms with E-state index < -0.39 is 5.97 Å². The maximum atomic E-state index is 12.8. The summed E-state index contributed by atoms with van der Waals surface area (Å²) >= 11 is 0. The van der Waals surface area contributed by atoms with E-state index in [9.17, 15) is 9.59 Å². The van der Waals surface area contributed by atoms with Crippen LogP contribution in [0.1, 0.15) is 39.8 Å². The Morgan fingerprint density at radius 1 is 1.21 bits per heavy atom. The minimum absolute atomic E-state index is 0.0248. The summed E-state index contributed by atoms with van der Waals surface area (Å²) in [7, 11) is 2.86. The molecule has 2 aromatic rings. The number of esters is 1. The molecule has 0 amide bonds. The van der Waals surface area contributed by atoms with Gasteiger partial charge in [0.15, 0.2) is 0 Å². The maximum absolute atomic E-state index is 12.8. The lowest BCUT2D eigenvalue weighted by atomic mass is 9.95. The Kier molecular flexibility index (Phi) is 6.50. The summed E-state index contributed by atoms with van der Waals surface area (Å²) in [6.45, 7) is 2.65. The van der Waals surface area contributed by atoms with Gasteiger partial charge in [0.2, 0.25) is 5.78 Å². The number of allylic oxidation sites excluding steroid dienone is 5.